The summed E-state index contributed by atoms with van der Waals surface area (Å²) in [7, 11) is 0. The van der Waals surface area contributed by atoms with Crippen LogP contribution in [0.3, 0.4) is 0 Å². The van der Waals surface area contributed by atoms with Crippen molar-refractivity contribution < 1.29 is 19.1 Å². The molecule has 2 atom stereocenters. The van der Waals surface area contributed by atoms with E-state index in [1.54, 1.807) is 6.20 Å². The molecule has 0 saturated carbocycles. The van der Waals surface area contributed by atoms with Gasteiger partial charge in [-0.25, -0.2) is 5.43 Å². The predicted molar refractivity (Wildman–Crippen MR) is 114 cm³/mol. The number of aryl methyl sites for hydroxylation is 1. The number of hydrogen-bond acceptors (Lipinski definition) is 6. The Morgan fingerprint density at radius 1 is 1.16 bits per heavy atom. The maximum absolute atomic E-state index is 13.0. The van der Waals surface area contributed by atoms with Crippen LogP contribution >= 0.6 is 0 Å². The number of hydrazine groups is 1. The number of benzene rings is 2. The van der Waals surface area contributed by atoms with Gasteiger partial charge in [-0.15, -0.1) is 0 Å². The van der Waals surface area contributed by atoms with Crippen molar-refractivity contribution in [1.29, 1.82) is 0 Å². The normalized spacial score (nSPS) is 21.4. The fraction of sp³-hybridized carbons (Fsp3) is 0.304. The molecule has 2 aromatic rings. The molecule has 31 heavy (non-hydrogen) atoms. The van der Waals surface area contributed by atoms with Crippen LogP contribution in [-0.4, -0.2) is 41.1 Å². The first kappa shape index (κ1) is 19.4. The van der Waals surface area contributed by atoms with Crippen LogP contribution in [0.1, 0.15) is 29.2 Å². The molecule has 2 unspecified atom stereocenters. The van der Waals surface area contributed by atoms with Crippen LogP contribution in [0, 0.1) is 13.8 Å². The first-order valence-corrected chi connectivity index (χ1v) is 10.3. The second-order valence-corrected chi connectivity index (χ2v) is 8.01. The predicted octanol–water partition coefficient (Wildman–Crippen LogP) is 2.60. The quantitative estimate of drug-likeness (QED) is 0.791. The molecule has 1 fully saturated rings. The minimum Gasteiger partial charge on any atom is -0.454 e. The molecule has 0 bridgehead atoms. The Balaban J connectivity index is 1.24. The number of anilines is 1. The van der Waals surface area contributed by atoms with E-state index in [1.807, 2.05) is 61.5 Å². The number of nitrogens with zero attached hydrogens (tertiary/aromatic N) is 2. The number of rotatable bonds is 4. The van der Waals surface area contributed by atoms with Gasteiger partial charge in [0.2, 0.25) is 12.7 Å². The minimum absolute atomic E-state index is 0.0260. The molecular weight excluding hydrogens is 396 g/mol. The van der Waals surface area contributed by atoms with Crippen molar-refractivity contribution in [2.45, 2.75) is 32.4 Å². The van der Waals surface area contributed by atoms with E-state index in [9.17, 15) is 9.59 Å². The summed E-state index contributed by atoms with van der Waals surface area (Å²) >= 11 is 0. The van der Waals surface area contributed by atoms with Crippen molar-refractivity contribution in [2.24, 2.45) is 0 Å². The Kier molecular flexibility index (Phi) is 4.78. The van der Waals surface area contributed by atoms with Crippen molar-refractivity contribution in [1.82, 2.24) is 15.3 Å². The summed E-state index contributed by atoms with van der Waals surface area (Å²) in [6, 6.07) is 11.2. The van der Waals surface area contributed by atoms with Gasteiger partial charge in [-0.1, -0.05) is 18.2 Å². The molecule has 1 saturated heterocycles. The van der Waals surface area contributed by atoms with Crippen molar-refractivity contribution in [3.8, 4) is 11.5 Å². The number of fused-ring (bicyclic) bond motifs is 2. The van der Waals surface area contributed by atoms with Crippen LogP contribution in [-0.2, 0) is 9.59 Å². The first-order chi connectivity index (χ1) is 15.0. The standard InChI is InChI=1S/C23H24N4O4/c1-14-4-3-5-17(15(14)2)24-22(28)12-26-8-9-27-19(23(26)29)11-18(25-27)16-6-7-20-21(10-16)31-13-30-20/h3-10,18-19,25H,11-13H2,1-2H3,(H,24,28). The van der Waals surface area contributed by atoms with E-state index in [0.717, 1.165) is 33.9 Å². The van der Waals surface area contributed by atoms with E-state index >= 15 is 0 Å². The van der Waals surface area contributed by atoms with E-state index in [0.29, 0.717) is 6.42 Å². The van der Waals surface area contributed by atoms with Gasteiger partial charge in [-0.2, -0.15) is 0 Å². The molecule has 0 aromatic heterocycles. The fourth-order valence-corrected chi connectivity index (χ4v) is 4.15. The summed E-state index contributed by atoms with van der Waals surface area (Å²) in [6.07, 6.45) is 4.05. The second-order valence-electron chi connectivity index (χ2n) is 8.01. The Labute approximate surface area is 180 Å². The maximum Gasteiger partial charge on any atom is 0.251 e. The number of amides is 2. The van der Waals surface area contributed by atoms with Gasteiger partial charge in [0.05, 0.1) is 6.04 Å². The molecule has 3 heterocycles. The average molecular weight is 420 g/mol. The zero-order valence-electron chi connectivity index (χ0n) is 17.4. The van der Waals surface area contributed by atoms with Gasteiger partial charge in [0.1, 0.15) is 12.6 Å². The van der Waals surface area contributed by atoms with Gasteiger partial charge in [0.25, 0.3) is 5.91 Å². The van der Waals surface area contributed by atoms with Crippen LogP contribution in [0.25, 0.3) is 0 Å². The van der Waals surface area contributed by atoms with Crippen molar-refractivity contribution >= 4 is 17.5 Å². The van der Waals surface area contributed by atoms with E-state index in [4.69, 9.17) is 9.47 Å². The smallest absolute Gasteiger partial charge is 0.251 e. The van der Waals surface area contributed by atoms with Gasteiger partial charge >= 0.3 is 0 Å². The highest BCUT2D eigenvalue weighted by atomic mass is 16.7. The molecule has 2 aromatic carbocycles. The summed E-state index contributed by atoms with van der Waals surface area (Å²) in [5.74, 6) is 1.13. The summed E-state index contributed by atoms with van der Waals surface area (Å²) < 4.78 is 10.8. The van der Waals surface area contributed by atoms with Crippen LogP contribution in [0.15, 0.2) is 48.8 Å². The Bertz CT molecular complexity index is 1080. The van der Waals surface area contributed by atoms with Crippen LogP contribution in [0.4, 0.5) is 5.69 Å². The zero-order valence-corrected chi connectivity index (χ0v) is 17.4. The molecule has 8 heteroatoms. The molecule has 2 amide bonds. The number of nitrogens with one attached hydrogen (secondary N) is 2. The monoisotopic (exact) mass is 420 g/mol. The molecule has 3 aliphatic heterocycles. The topological polar surface area (TPSA) is 83.1 Å². The summed E-state index contributed by atoms with van der Waals surface area (Å²) in [5.41, 5.74) is 7.28. The summed E-state index contributed by atoms with van der Waals surface area (Å²) in [5, 5.41) is 4.73. The number of carbonyl (C=O) groups is 2. The third-order valence-corrected chi connectivity index (χ3v) is 6.07. The molecule has 8 nitrogen and oxygen atoms in total. The van der Waals surface area contributed by atoms with E-state index < -0.39 is 0 Å². The molecule has 3 aliphatic rings. The van der Waals surface area contributed by atoms with Gasteiger partial charge < -0.3 is 24.7 Å². The SMILES string of the molecule is Cc1cccc(NC(=O)CN2C=CN3NC(c4ccc5c(c4)OCO5)CC3C2=O)c1C. The van der Waals surface area contributed by atoms with E-state index in [2.05, 4.69) is 10.7 Å². The second kappa shape index (κ2) is 7.63. The lowest BCUT2D eigenvalue weighted by atomic mass is 10.0. The van der Waals surface area contributed by atoms with Crippen molar-refractivity contribution in [3.05, 3.63) is 65.5 Å². The number of carbonyl (C=O) groups excluding carboxylic acids is 2. The van der Waals surface area contributed by atoms with Gasteiger partial charge in [-0.3, -0.25) is 9.59 Å². The van der Waals surface area contributed by atoms with Crippen LogP contribution < -0.4 is 20.2 Å². The largest absolute Gasteiger partial charge is 0.454 e. The number of ether oxygens (including phenoxy) is 2. The highest BCUT2D eigenvalue weighted by Crippen LogP contribution is 2.37. The van der Waals surface area contributed by atoms with Crippen molar-refractivity contribution in [2.75, 3.05) is 18.7 Å². The highest BCUT2D eigenvalue weighted by Gasteiger charge is 2.40. The van der Waals surface area contributed by atoms with Crippen LogP contribution in [0.2, 0.25) is 0 Å². The minimum atomic E-state index is -0.367. The first-order valence-electron chi connectivity index (χ1n) is 10.3. The molecular formula is C23H24N4O4. The fourth-order valence-electron chi connectivity index (χ4n) is 4.15. The maximum atomic E-state index is 13.0. The van der Waals surface area contributed by atoms with Crippen molar-refractivity contribution in [3.63, 3.8) is 0 Å². The summed E-state index contributed by atoms with van der Waals surface area (Å²) in [6.45, 7) is 4.17. The van der Waals surface area contributed by atoms with E-state index in [1.165, 1.54) is 4.90 Å². The van der Waals surface area contributed by atoms with Gasteiger partial charge in [0, 0.05) is 18.1 Å². The molecule has 0 aliphatic carbocycles. The van der Waals surface area contributed by atoms with E-state index in [-0.39, 0.29) is 37.2 Å². The van der Waals surface area contributed by atoms with Gasteiger partial charge in [-0.05, 0) is 55.2 Å². The Morgan fingerprint density at radius 3 is 2.87 bits per heavy atom. The van der Waals surface area contributed by atoms with Gasteiger partial charge in [0.15, 0.2) is 11.5 Å². The zero-order chi connectivity index (χ0) is 21.5. The third-order valence-electron chi connectivity index (χ3n) is 6.07. The molecule has 2 N–H and O–H groups in total. The molecule has 160 valence electrons. The van der Waals surface area contributed by atoms with Crippen LogP contribution in [0.5, 0.6) is 11.5 Å². The molecule has 0 spiro atoms. The number of hydrogen-bond donors (Lipinski definition) is 2. The lowest BCUT2D eigenvalue weighted by molar-refractivity contribution is -0.137. The lowest BCUT2D eigenvalue weighted by Gasteiger charge is -2.31. The average Bonchev–Trinajstić information content (AvgIpc) is 3.40. The lowest BCUT2D eigenvalue weighted by Crippen LogP contribution is -2.49. The summed E-state index contributed by atoms with van der Waals surface area (Å²) in [4.78, 5) is 27.1. The molecule has 0 radical (unpaired) electrons. The third kappa shape index (κ3) is 3.59. The Morgan fingerprint density at radius 2 is 2.00 bits per heavy atom. The highest BCUT2D eigenvalue weighted by molar-refractivity contribution is 5.96. The molecule has 5 rings (SSSR count). The Hall–Kier alpha value is -3.52.